The van der Waals surface area contributed by atoms with Crippen LogP contribution in [0, 0.1) is 0 Å². The number of nitrogens with zero attached hydrogens (tertiary/aromatic N) is 1. The molecule has 0 saturated carbocycles. The van der Waals surface area contributed by atoms with E-state index < -0.39 is 11.7 Å². The summed E-state index contributed by atoms with van der Waals surface area (Å²) in [5.41, 5.74) is 5.17. The van der Waals surface area contributed by atoms with Crippen LogP contribution in [0.5, 0.6) is 5.75 Å². The Morgan fingerprint density at radius 1 is 1.40 bits per heavy atom. The highest BCUT2D eigenvalue weighted by atomic mass is 32.2. The summed E-state index contributed by atoms with van der Waals surface area (Å²) in [4.78, 5) is 1.68. The van der Waals surface area contributed by atoms with Crippen LogP contribution in [0.4, 0.5) is 13.2 Å². The van der Waals surface area contributed by atoms with Gasteiger partial charge >= 0.3 is 6.18 Å². The number of benzene rings is 1. The van der Waals surface area contributed by atoms with Crippen molar-refractivity contribution < 1.29 is 18.3 Å². The predicted octanol–water partition coefficient (Wildman–Crippen LogP) is 2.29. The SMILES string of the molecule is CN(C)[C@]1(CN)SC1Cc1ccc(O)cc1C(F)(F)F. The highest BCUT2D eigenvalue weighted by Crippen LogP contribution is 2.56. The van der Waals surface area contributed by atoms with Gasteiger partial charge < -0.3 is 10.8 Å². The molecular formula is C13H17F3N2OS. The third-order valence-electron chi connectivity index (χ3n) is 3.65. The molecule has 1 fully saturated rings. The normalized spacial score (nSPS) is 26.1. The van der Waals surface area contributed by atoms with Crippen molar-refractivity contribution in [2.75, 3.05) is 20.6 Å². The first-order chi connectivity index (χ1) is 9.20. The van der Waals surface area contributed by atoms with Crippen LogP contribution in [0.1, 0.15) is 11.1 Å². The average molecular weight is 306 g/mol. The second kappa shape index (κ2) is 5.13. The van der Waals surface area contributed by atoms with E-state index in [0.29, 0.717) is 6.54 Å². The van der Waals surface area contributed by atoms with Gasteiger partial charge in [-0.25, -0.2) is 0 Å². The van der Waals surface area contributed by atoms with Crippen LogP contribution in [-0.4, -0.2) is 40.8 Å². The van der Waals surface area contributed by atoms with Gasteiger partial charge in [0.1, 0.15) is 5.75 Å². The van der Waals surface area contributed by atoms with Crippen molar-refractivity contribution >= 4 is 11.8 Å². The van der Waals surface area contributed by atoms with Crippen LogP contribution in [0.3, 0.4) is 0 Å². The van der Waals surface area contributed by atoms with E-state index in [9.17, 15) is 18.3 Å². The Morgan fingerprint density at radius 2 is 2.05 bits per heavy atom. The molecule has 1 aromatic carbocycles. The lowest BCUT2D eigenvalue weighted by molar-refractivity contribution is -0.138. The molecule has 0 aliphatic carbocycles. The molecule has 0 amide bonds. The van der Waals surface area contributed by atoms with Gasteiger partial charge in [0.25, 0.3) is 0 Å². The van der Waals surface area contributed by atoms with Gasteiger partial charge in [0, 0.05) is 11.8 Å². The number of aromatic hydroxyl groups is 1. The molecule has 0 aromatic heterocycles. The summed E-state index contributed by atoms with van der Waals surface area (Å²) in [7, 11) is 3.75. The molecule has 1 aliphatic rings. The lowest BCUT2D eigenvalue weighted by atomic mass is 9.99. The summed E-state index contributed by atoms with van der Waals surface area (Å²) in [5, 5.41) is 9.29. The zero-order valence-corrected chi connectivity index (χ0v) is 12.1. The maximum Gasteiger partial charge on any atom is 0.416 e. The van der Waals surface area contributed by atoms with Gasteiger partial charge in [0.2, 0.25) is 0 Å². The minimum Gasteiger partial charge on any atom is -0.508 e. The van der Waals surface area contributed by atoms with Crippen LogP contribution in [0.25, 0.3) is 0 Å². The Kier molecular flexibility index (Phi) is 3.96. The third kappa shape index (κ3) is 2.75. The van der Waals surface area contributed by atoms with Gasteiger partial charge in [-0.05, 0) is 38.2 Å². The number of thioether (sulfide) groups is 1. The number of phenolic OH excluding ortho intramolecular Hbond substituents is 1. The molecule has 112 valence electrons. The molecule has 20 heavy (non-hydrogen) atoms. The van der Waals surface area contributed by atoms with Crippen molar-refractivity contribution in [2.24, 2.45) is 5.73 Å². The van der Waals surface area contributed by atoms with E-state index >= 15 is 0 Å². The molecule has 2 atom stereocenters. The molecule has 1 aliphatic heterocycles. The van der Waals surface area contributed by atoms with Crippen LogP contribution in [0.2, 0.25) is 0 Å². The average Bonchev–Trinajstić information content (AvgIpc) is 3.05. The molecule has 7 heteroatoms. The molecule has 1 unspecified atom stereocenters. The van der Waals surface area contributed by atoms with E-state index in [1.807, 2.05) is 19.0 Å². The number of hydrogen-bond acceptors (Lipinski definition) is 4. The fourth-order valence-electron chi connectivity index (χ4n) is 2.38. The summed E-state index contributed by atoms with van der Waals surface area (Å²) in [6, 6.07) is 3.41. The summed E-state index contributed by atoms with van der Waals surface area (Å²) in [6.45, 7) is 0.398. The molecule has 2 rings (SSSR count). The number of halogens is 3. The predicted molar refractivity (Wildman–Crippen MR) is 73.7 cm³/mol. The Bertz CT molecular complexity index is 507. The number of phenols is 1. The number of alkyl halides is 3. The second-order valence-electron chi connectivity index (χ2n) is 5.09. The van der Waals surface area contributed by atoms with Gasteiger partial charge in [-0.2, -0.15) is 13.2 Å². The van der Waals surface area contributed by atoms with Crippen LogP contribution < -0.4 is 5.73 Å². The Morgan fingerprint density at radius 3 is 2.50 bits per heavy atom. The van der Waals surface area contributed by atoms with E-state index in [-0.39, 0.29) is 27.9 Å². The number of nitrogens with two attached hydrogens (primary N) is 1. The first-order valence-electron chi connectivity index (χ1n) is 6.15. The van der Waals surface area contributed by atoms with Crippen LogP contribution >= 0.6 is 11.8 Å². The first kappa shape index (κ1) is 15.5. The maximum absolute atomic E-state index is 13.0. The van der Waals surface area contributed by atoms with E-state index in [2.05, 4.69) is 0 Å². The molecule has 1 heterocycles. The first-order valence-corrected chi connectivity index (χ1v) is 7.03. The van der Waals surface area contributed by atoms with Crippen molar-refractivity contribution in [1.29, 1.82) is 0 Å². The molecule has 3 N–H and O–H groups in total. The number of likely N-dealkylation sites (N-methyl/N-ethyl adjacent to an activating group) is 1. The monoisotopic (exact) mass is 306 g/mol. The summed E-state index contributed by atoms with van der Waals surface area (Å²) in [5.74, 6) is -0.373. The number of rotatable bonds is 4. The number of hydrogen-bond donors (Lipinski definition) is 2. The Balaban J connectivity index is 2.24. The Hall–Kier alpha value is -0.920. The topological polar surface area (TPSA) is 49.5 Å². The van der Waals surface area contributed by atoms with E-state index in [1.54, 1.807) is 11.8 Å². The van der Waals surface area contributed by atoms with Gasteiger partial charge in [-0.3, -0.25) is 4.90 Å². The van der Waals surface area contributed by atoms with Gasteiger partial charge in [0.05, 0.1) is 10.4 Å². The summed E-state index contributed by atoms with van der Waals surface area (Å²) < 4.78 is 38.9. The van der Waals surface area contributed by atoms with Crippen molar-refractivity contribution in [2.45, 2.75) is 22.7 Å². The lowest BCUT2D eigenvalue weighted by Crippen LogP contribution is -2.40. The zero-order chi connectivity index (χ0) is 15.1. The van der Waals surface area contributed by atoms with Gasteiger partial charge in [-0.1, -0.05) is 6.07 Å². The molecule has 1 saturated heterocycles. The van der Waals surface area contributed by atoms with Crippen LogP contribution in [0.15, 0.2) is 18.2 Å². The van der Waals surface area contributed by atoms with E-state index in [1.165, 1.54) is 12.1 Å². The van der Waals surface area contributed by atoms with Crippen LogP contribution in [-0.2, 0) is 12.6 Å². The summed E-state index contributed by atoms with van der Waals surface area (Å²) in [6.07, 6.45) is -4.17. The highest BCUT2D eigenvalue weighted by Gasteiger charge is 2.56. The minimum absolute atomic E-state index is 0.0353. The maximum atomic E-state index is 13.0. The third-order valence-corrected chi connectivity index (χ3v) is 5.46. The minimum atomic E-state index is -4.46. The van der Waals surface area contributed by atoms with Crippen molar-refractivity contribution in [3.63, 3.8) is 0 Å². The van der Waals surface area contributed by atoms with Gasteiger partial charge in [-0.15, -0.1) is 11.8 Å². The fraction of sp³-hybridized carbons (Fsp3) is 0.538. The quantitative estimate of drug-likeness (QED) is 0.838. The second-order valence-corrected chi connectivity index (χ2v) is 6.60. The van der Waals surface area contributed by atoms with Gasteiger partial charge in [0.15, 0.2) is 0 Å². The van der Waals surface area contributed by atoms with Crippen molar-refractivity contribution in [1.82, 2.24) is 4.90 Å². The zero-order valence-electron chi connectivity index (χ0n) is 11.2. The molecule has 1 aromatic rings. The molecular weight excluding hydrogens is 289 g/mol. The van der Waals surface area contributed by atoms with Crippen molar-refractivity contribution in [3.8, 4) is 5.75 Å². The molecule has 0 spiro atoms. The Labute approximate surface area is 119 Å². The standard InChI is InChI=1S/C13H17F3N2OS/c1-18(2)12(7-17)11(20-12)5-8-3-4-9(19)6-10(8)13(14,15)16/h3-4,6,11,19H,5,7,17H2,1-2H3/t11?,12-/m1/s1. The summed E-state index contributed by atoms with van der Waals surface area (Å²) >= 11 is 1.58. The highest BCUT2D eigenvalue weighted by molar-refractivity contribution is 8.08. The molecule has 0 bridgehead atoms. The lowest BCUT2D eigenvalue weighted by Gasteiger charge is -2.22. The van der Waals surface area contributed by atoms with E-state index in [0.717, 1.165) is 6.07 Å². The van der Waals surface area contributed by atoms with E-state index in [4.69, 9.17) is 5.73 Å². The largest absolute Gasteiger partial charge is 0.508 e. The smallest absolute Gasteiger partial charge is 0.416 e. The molecule has 0 radical (unpaired) electrons. The molecule has 3 nitrogen and oxygen atoms in total. The van der Waals surface area contributed by atoms with Crippen molar-refractivity contribution in [3.05, 3.63) is 29.3 Å². The fourth-order valence-corrected chi connectivity index (χ4v) is 3.76.